The highest BCUT2D eigenvalue weighted by molar-refractivity contribution is 9.08. The summed E-state index contributed by atoms with van der Waals surface area (Å²) < 4.78 is 0. The van der Waals surface area contributed by atoms with Crippen LogP contribution in [-0.4, -0.2) is 71.7 Å². The van der Waals surface area contributed by atoms with Crippen LogP contribution in [0.5, 0.6) is 0 Å². The topological polar surface area (TPSA) is 60.9 Å². The lowest BCUT2D eigenvalue weighted by Gasteiger charge is -2.27. The van der Waals surface area contributed by atoms with Crippen LogP contribution in [0.15, 0.2) is 54.6 Å². The van der Waals surface area contributed by atoms with Crippen molar-refractivity contribution in [3.63, 3.8) is 0 Å². The lowest BCUT2D eigenvalue weighted by Crippen LogP contribution is -2.33. The summed E-state index contributed by atoms with van der Waals surface area (Å²) in [7, 11) is 0. The molecule has 3 rings (SSSR count). The molecule has 0 unspecified atom stereocenters. The molecular formula is C35H43Br2N3O3. The van der Waals surface area contributed by atoms with Crippen LogP contribution < -0.4 is 0 Å². The summed E-state index contributed by atoms with van der Waals surface area (Å²) in [5.41, 5.74) is 6.16. The number of rotatable bonds is 13. The average molecular weight is 714 g/mol. The van der Waals surface area contributed by atoms with Crippen LogP contribution in [0, 0.1) is 0 Å². The first kappa shape index (κ1) is 34.5. The van der Waals surface area contributed by atoms with E-state index >= 15 is 0 Å². The number of nitrogens with zero attached hydrogens (tertiary/aromatic N) is 3. The Bertz CT molecular complexity index is 1350. The van der Waals surface area contributed by atoms with Crippen molar-refractivity contribution in [3.05, 3.63) is 82.4 Å². The molecule has 0 aliphatic heterocycles. The molecular weight excluding hydrogens is 670 g/mol. The summed E-state index contributed by atoms with van der Waals surface area (Å²) in [6.45, 7) is 15.2. The minimum atomic E-state index is -0.133. The number of hydrogen-bond acceptors (Lipinski definition) is 3. The molecule has 0 fully saturated rings. The molecule has 3 aromatic carbocycles. The summed E-state index contributed by atoms with van der Waals surface area (Å²) in [5.74, 6) is -0.271. The Hall–Kier alpha value is -2.97. The van der Waals surface area contributed by atoms with Crippen LogP contribution in [0.3, 0.4) is 0 Å². The average Bonchev–Trinajstić information content (AvgIpc) is 3.04. The second kappa shape index (κ2) is 16.2. The molecule has 0 saturated heterocycles. The molecule has 3 aromatic rings. The van der Waals surface area contributed by atoms with Gasteiger partial charge < -0.3 is 14.7 Å². The Morgan fingerprint density at radius 2 is 0.721 bits per heavy atom. The molecule has 0 aliphatic carbocycles. The third-order valence-corrected chi connectivity index (χ3v) is 9.24. The summed E-state index contributed by atoms with van der Waals surface area (Å²) in [6, 6.07) is 17.4. The van der Waals surface area contributed by atoms with Gasteiger partial charge in [-0.15, -0.1) is 0 Å². The smallest absolute Gasteiger partial charge is 0.255 e. The molecule has 0 radical (unpaired) electrons. The van der Waals surface area contributed by atoms with Gasteiger partial charge in [0.05, 0.1) is 16.7 Å². The van der Waals surface area contributed by atoms with Gasteiger partial charge in [0.2, 0.25) is 0 Å². The van der Waals surface area contributed by atoms with Gasteiger partial charge in [-0.25, -0.2) is 0 Å². The molecule has 0 N–H and O–H groups in total. The molecule has 0 atom stereocenters. The third kappa shape index (κ3) is 7.07. The van der Waals surface area contributed by atoms with Gasteiger partial charge in [-0.2, -0.15) is 0 Å². The van der Waals surface area contributed by atoms with E-state index < -0.39 is 0 Å². The van der Waals surface area contributed by atoms with Crippen molar-refractivity contribution < 1.29 is 14.4 Å². The highest BCUT2D eigenvalue weighted by Crippen LogP contribution is 2.39. The van der Waals surface area contributed by atoms with Crippen LogP contribution in [-0.2, 0) is 10.7 Å². The number of halogens is 2. The minimum Gasteiger partial charge on any atom is -0.339 e. The summed E-state index contributed by atoms with van der Waals surface area (Å²) >= 11 is 7.19. The second-order valence-electron chi connectivity index (χ2n) is 10.1. The normalized spacial score (nSPS) is 10.9. The predicted molar refractivity (Wildman–Crippen MR) is 184 cm³/mol. The quantitative estimate of drug-likeness (QED) is 0.168. The van der Waals surface area contributed by atoms with Gasteiger partial charge >= 0.3 is 0 Å². The van der Waals surface area contributed by atoms with E-state index in [-0.39, 0.29) is 17.7 Å². The standard InChI is InChI=1S/C35H43Br2N3O3/c1-7-38(8-2)33(41)30-24(22-36)16-13-18-26(30)28-20-15-21-29(32(28)35(43)40(11-5)12-6)27-19-14-17-25(23-37)31(27)34(42)39(9-3)10-4/h13-21H,7-12,22-23H2,1-6H3. The van der Waals surface area contributed by atoms with Crippen molar-refractivity contribution in [2.75, 3.05) is 39.3 Å². The Morgan fingerprint density at radius 1 is 0.465 bits per heavy atom. The van der Waals surface area contributed by atoms with E-state index in [1.165, 1.54) is 0 Å². The summed E-state index contributed by atoms with van der Waals surface area (Å²) in [6.07, 6.45) is 0. The van der Waals surface area contributed by atoms with Crippen molar-refractivity contribution >= 4 is 49.6 Å². The van der Waals surface area contributed by atoms with Gasteiger partial charge in [0, 0.05) is 49.9 Å². The second-order valence-corrected chi connectivity index (χ2v) is 11.2. The van der Waals surface area contributed by atoms with Crippen LogP contribution >= 0.6 is 31.9 Å². The number of carbonyl (C=O) groups excluding carboxylic acids is 3. The van der Waals surface area contributed by atoms with Crippen LogP contribution in [0.1, 0.15) is 83.7 Å². The Kier molecular flexibility index (Phi) is 13.0. The highest BCUT2D eigenvalue weighted by atomic mass is 79.9. The molecule has 0 aliphatic rings. The van der Waals surface area contributed by atoms with Gasteiger partial charge in [0.25, 0.3) is 17.7 Å². The van der Waals surface area contributed by atoms with Crippen molar-refractivity contribution in [2.24, 2.45) is 0 Å². The lowest BCUT2D eigenvalue weighted by atomic mass is 9.85. The zero-order chi connectivity index (χ0) is 31.7. The molecule has 0 spiro atoms. The first-order valence-electron chi connectivity index (χ1n) is 15.1. The maximum absolute atomic E-state index is 14.5. The highest BCUT2D eigenvalue weighted by Gasteiger charge is 2.29. The van der Waals surface area contributed by atoms with Crippen LogP contribution in [0.4, 0.5) is 0 Å². The molecule has 0 bridgehead atoms. The van der Waals surface area contributed by atoms with E-state index in [1.54, 1.807) is 14.7 Å². The van der Waals surface area contributed by atoms with E-state index in [4.69, 9.17) is 0 Å². The van der Waals surface area contributed by atoms with Crippen molar-refractivity contribution in [2.45, 2.75) is 52.2 Å². The number of alkyl halides is 2. The van der Waals surface area contributed by atoms with E-state index in [0.717, 1.165) is 11.1 Å². The minimum absolute atomic E-state index is 0.0691. The third-order valence-electron chi connectivity index (χ3n) is 8.03. The number of hydrogen-bond donors (Lipinski definition) is 0. The SMILES string of the molecule is CCN(CC)C(=O)c1c(CBr)cccc1-c1cccc(-c2cccc(CBr)c2C(=O)N(CC)CC)c1C(=O)N(CC)CC. The maximum atomic E-state index is 14.5. The predicted octanol–water partition coefficient (Wildman–Crippen LogP) is 8.26. The molecule has 230 valence electrons. The van der Waals surface area contributed by atoms with E-state index in [9.17, 15) is 14.4 Å². The molecule has 0 aromatic heterocycles. The fourth-order valence-corrected chi connectivity index (χ4v) is 6.55. The Labute approximate surface area is 273 Å². The van der Waals surface area contributed by atoms with Gasteiger partial charge in [0.15, 0.2) is 0 Å². The fraction of sp³-hybridized carbons (Fsp3) is 0.400. The van der Waals surface area contributed by atoms with E-state index in [2.05, 4.69) is 31.9 Å². The Balaban J connectivity index is 2.50. The summed E-state index contributed by atoms with van der Waals surface area (Å²) in [5, 5.41) is 0.996. The maximum Gasteiger partial charge on any atom is 0.255 e. The largest absolute Gasteiger partial charge is 0.339 e. The zero-order valence-electron chi connectivity index (χ0n) is 26.2. The molecule has 3 amide bonds. The molecule has 43 heavy (non-hydrogen) atoms. The molecule has 8 heteroatoms. The van der Waals surface area contributed by atoms with E-state index in [1.807, 2.05) is 96.1 Å². The first-order valence-corrected chi connectivity index (χ1v) is 17.4. The number of amides is 3. The first-order chi connectivity index (χ1) is 20.8. The van der Waals surface area contributed by atoms with Gasteiger partial charge in [-0.05, 0) is 74.9 Å². The summed E-state index contributed by atoms with van der Waals surface area (Å²) in [4.78, 5) is 47.9. The monoisotopic (exact) mass is 711 g/mol. The molecule has 0 heterocycles. The molecule has 0 saturated carbocycles. The molecule has 6 nitrogen and oxygen atoms in total. The van der Waals surface area contributed by atoms with Crippen molar-refractivity contribution in [1.29, 1.82) is 0 Å². The fourth-order valence-electron chi connectivity index (χ4n) is 5.62. The van der Waals surface area contributed by atoms with E-state index in [0.29, 0.717) is 88.9 Å². The van der Waals surface area contributed by atoms with Crippen LogP contribution in [0.25, 0.3) is 22.3 Å². The lowest BCUT2D eigenvalue weighted by molar-refractivity contribution is 0.0763. The van der Waals surface area contributed by atoms with Gasteiger partial charge in [0.1, 0.15) is 0 Å². The van der Waals surface area contributed by atoms with Gasteiger partial charge in [-0.1, -0.05) is 86.5 Å². The number of carbonyl (C=O) groups is 3. The zero-order valence-corrected chi connectivity index (χ0v) is 29.3. The Morgan fingerprint density at radius 3 is 1.00 bits per heavy atom. The van der Waals surface area contributed by atoms with Crippen LogP contribution in [0.2, 0.25) is 0 Å². The van der Waals surface area contributed by atoms with Gasteiger partial charge in [-0.3, -0.25) is 14.4 Å². The van der Waals surface area contributed by atoms with Crippen molar-refractivity contribution in [3.8, 4) is 22.3 Å². The number of benzene rings is 3. The van der Waals surface area contributed by atoms with Crippen molar-refractivity contribution in [1.82, 2.24) is 14.7 Å².